The van der Waals surface area contributed by atoms with Gasteiger partial charge in [0.15, 0.2) is 0 Å². The van der Waals surface area contributed by atoms with Crippen LogP contribution in [0.5, 0.6) is 5.75 Å². The van der Waals surface area contributed by atoms with Crippen LogP contribution in [0.2, 0.25) is 0 Å². The molecule has 1 atom stereocenters. The van der Waals surface area contributed by atoms with Gasteiger partial charge in [0.25, 0.3) is 0 Å². The van der Waals surface area contributed by atoms with Crippen LogP contribution in [0, 0.1) is 0 Å². The minimum Gasteiger partial charge on any atom is -0.492 e. The van der Waals surface area contributed by atoms with E-state index < -0.39 is 0 Å². The van der Waals surface area contributed by atoms with E-state index in [2.05, 4.69) is 18.8 Å². The molecule has 0 aromatic heterocycles. The first kappa shape index (κ1) is 11.8. The van der Waals surface area contributed by atoms with Gasteiger partial charge >= 0.3 is 0 Å². The summed E-state index contributed by atoms with van der Waals surface area (Å²) in [5.74, 6) is 0.927. The Hall–Kier alpha value is -1.28. The lowest BCUT2D eigenvalue weighted by Gasteiger charge is -2.12. The van der Waals surface area contributed by atoms with Crippen molar-refractivity contribution in [3.8, 4) is 5.75 Å². The maximum absolute atomic E-state index is 5.55. The summed E-state index contributed by atoms with van der Waals surface area (Å²) in [6.07, 6.45) is 2.92. The Kier molecular flexibility index (Phi) is 5.56. The lowest BCUT2D eigenvalue weighted by Crippen LogP contribution is -2.29. The largest absolute Gasteiger partial charge is 0.492 e. The SMILES string of the molecule is C=CCC(C)NCCOc1ccccc1. The molecule has 1 rings (SSSR count). The van der Waals surface area contributed by atoms with E-state index in [4.69, 9.17) is 4.74 Å². The molecule has 1 N–H and O–H groups in total. The quantitative estimate of drug-likeness (QED) is 0.546. The topological polar surface area (TPSA) is 21.3 Å². The third-order valence-corrected chi connectivity index (χ3v) is 2.13. The van der Waals surface area contributed by atoms with E-state index in [0.717, 1.165) is 18.7 Å². The van der Waals surface area contributed by atoms with Crippen molar-refractivity contribution in [1.29, 1.82) is 0 Å². The highest BCUT2D eigenvalue weighted by atomic mass is 16.5. The van der Waals surface area contributed by atoms with Crippen LogP contribution in [0.3, 0.4) is 0 Å². The molecular weight excluding hydrogens is 186 g/mol. The molecule has 2 heteroatoms. The van der Waals surface area contributed by atoms with E-state index in [1.54, 1.807) is 0 Å². The highest BCUT2D eigenvalue weighted by Crippen LogP contribution is 2.07. The number of ether oxygens (including phenoxy) is 1. The fourth-order valence-corrected chi connectivity index (χ4v) is 1.32. The number of para-hydroxylation sites is 1. The Bertz CT molecular complexity index is 271. The monoisotopic (exact) mass is 205 g/mol. The molecule has 0 bridgehead atoms. The molecular formula is C13H19NO. The van der Waals surface area contributed by atoms with Gasteiger partial charge < -0.3 is 10.1 Å². The summed E-state index contributed by atoms with van der Waals surface area (Å²) < 4.78 is 5.55. The minimum atomic E-state index is 0.474. The molecule has 0 saturated carbocycles. The molecule has 0 radical (unpaired) electrons. The van der Waals surface area contributed by atoms with E-state index in [1.807, 2.05) is 36.4 Å². The molecule has 0 amide bonds. The number of rotatable bonds is 7. The van der Waals surface area contributed by atoms with Crippen molar-refractivity contribution in [3.05, 3.63) is 43.0 Å². The Morgan fingerprint density at radius 1 is 1.40 bits per heavy atom. The predicted molar refractivity (Wildman–Crippen MR) is 64.2 cm³/mol. The highest BCUT2D eigenvalue weighted by molar-refractivity contribution is 5.20. The zero-order chi connectivity index (χ0) is 10.9. The first-order valence-corrected chi connectivity index (χ1v) is 5.35. The third kappa shape index (κ3) is 5.23. The van der Waals surface area contributed by atoms with Crippen LogP contribution >= 0.6 is 0 Å². The molecule has 2 nitrogen and oxygen atoms in total. The van der Waals surface area contributed by atoms with E-state index in [9.17, 15) is 0 Å². The third-order valence-electron chi connectivity index (χ3n) is 2.13. The molecule has 0 fully saturated rings. The van der Waals surface area contributed by atoms with Crippen LogP contribution in [0.1, 0.15) is 13.3 Å². The van der Waals surface area contributed by atoms with Crippen molar-refractivity contribution < 1.29 is 4.74 Å². The Morgan fingerprint density at radius 3 is 2.80 bits per heavy atom. The molecule has 1 aromatic rings. The highest BCUT2D eigenvalue weighted by Gasteiger charge is 1.97. The summed E-state index contributed by atoms with van der Waals surface area (Å²) in [7, 11) is 0. The molecule has 0 aliphatic rings. The summed E-state index contributed by atoms with van der Waals surface area (Å²) in [4.78, 5) is 0. The van der Waals surface area contributed by atoms with Crippen molar-refractivity contribution in [2.75, 3.05) is 13.2 Å². The zero-order valence-electron chi connectivity index (χ0n) is 9.28. The molecule has 0 saturated heterocycles. The lowest BCUT2D eigenvalue weighted by atomic mass is 10.2. The van der Waals surface area contributed by atoms with Gasteiger partial charge in [0, 0.05) is 12.6 Å². The van der Waals surface area contributed by atoms with Gasteiger partial charge in [-0.2, -0.15) is 0 Å². The molecule has 0 aliphatic carbocycles. The van der Waals surface area contributed by atoms with Crippen molar-refractivity contribution in [2.45, 2.75) is 19.4 Å². The number of benzene rings is 1. The van der Waals surface area contributed by atoms with Crippen LogP contribution in [0.15, 0.2) is 43.0 Å². The van der Waals surface area contributed by atoms with Gasteiger partial charge in [-0.15, -0.1) is 6.58 Å². The number of hydrogen-bond acceptors (Lipinski definition) is 2. The van der Waals surface area contributed by atoms with Crippen molar-refractivity contribution in [2.24, 2.45) is 0 Å². The average Bonchev–Trinajstić information content (AvgIpc) is 2.26. The first-order valence-electron chi connectivity index (χ1n) is 5.35. The van der Waals surface area contributed by atoms with E-state index in [-0.39, 0.29) is 0 Å². The molecule has 82 valence electrons. The van der Waals surface area contributed by atoms with Crippen LogP contribution in [0.25, 0.3) is 0 Å². The summed E-state index contributed by atoms with van der Waals surface area (Å²) in [6, 6.07) is 10.3. The number of nitrogens with one attached hydrogen (secondary N) is 1. The van der Waals surface area contributed by atoms with Gasteiger partial charge in [-0.05, 0) is 25.5 Å². The van der Waals surface area contributed by atoms with Gasteiger partial charge in [0.05, 0.1) is 0 Å². The number of hydrogen-bond donors (Lipinski definition) is 1. The second kappa shape index (κ2) is 7.07. The molecule has 0 aliphatic heterocycles. The van der Waals surface area contributed by atoms with Gasteiger partial charge in [-0.1, -0.05) is 24.3 Å². The second-order valence-electron chi connectivity index (χ2n) is 3.54. The predicted octanol–water partition coefficient (Wildman–Crippen LogP) is 2.62. The normalized spacial score (nSPS) is 12.1. The van der Waals surface area contributed by atoms with Crippen molar-refractivity contribution >= 4 is 0 Å². The van der Waals surface area contributed by atoms with Gasteiger partial charge in [0.2, 0.25) is 0 Å². The van der Waals surface area contributed by atoms with Crippen molar-refractivity contribution in [1.82, 2.24) is 5.32 Å². The lowest BCUT2D eigenvalue weighted by molar-refractivity contribution is 0.307. The smallest absolute Gasteiger partial charge is 0.119 e. The molecule has 1 aromatic carbocycles. The van der Waals surface area contributed by atoms with Crippen LogP contribution in [-0.4, -0.2) is 19.2 Å². The first-order chi connectivity index (χ1) is 7.33. The van der Waals surface area contributed by atoms with Gasteiger partial charge in [0.1, 0.15) is 12.4 Å². The van der Waals surface area contributed by atoms with E-state index in [1.165, 1.54) is 0 Å². The van der Waals surface area contributed by atoms with Crippen LogP contribution < -0.4 is 10.1 Å². The average molecular weight is 205 g/mol. The summed E-state index contributed by atoms with van der Waals surface area (Å²) in [6.45, 7) is 7.41. The summed E-state index contributed by atoms with van der Waals surface area (Å²) in [5.41, 5.74) is 0. The van der Waals surface area contributed by atoms with Gasteiger partial charge in [-0.3, -0.25) is 0 Å². The Morgan fingerprint density at radius 2 is 2.13 bits per heavy atom. The Labute approximate surface area is 92.0 Å². The van der Waals surface area contributed by atoms with Crippen LogP contribution in [-0.2, 0) is 0 Å². The zero-order valence-corrected chi connectivity index (χ0v) is 9.28. The standard InChI is InChI=1S/C13H19NO/c1-3-7-12(2)14-10-11-15-13-8-5-4-6-9-13/h3-6,8-9,12,14H,1,7,10-11H2,2H3. The summed E-state index contributed by atoms with van der Waals surface area (Å²) in [5, 5.41) is 3.36. The molecule has 1 unspecified atom stereocenters. The van der Waals surface area contributed by atoms with E-state index in [0.29, 0.717) is 12.6 Å². The van der Waals surface area contributed by atoms with Crippen LogP contribution in [0.4, 0.5) is 0 Å². The fraction of sp³-hybridized carbons (Fsp3) is 0.385. The minimum absolute atomic E-state index is 0.474. The van der Waals surface area contributed by atoms with Gasteiger partial charge in [-0.25, -0.2) is 0 Å². The molecule has 0 heterocycles. The maximum Gasteiger partial charge on any atom is 0.119 e. The van der Waals surface area contributed by atoms with E-state index >= 15 is 0 Å². The second-order valence-corrected chi connectivity index (χ2v) is 3.54. The molecule has 0 spiro atoms. The Balaban J connectivity index is 2.09. The maximum atomic E-state index is 5.55. The molecule has 15 heavy (non-hydrogen) atoms. The fourth-order valence-electron chi connectivity index (χ4n) is 1.32. The van der Waals surface area contributed by atoms with Crippen molar-refractivity contribution in [3.63, 3.8) is 0 Å². The summed E-state index contributed by atoms with van der Waals surface area (Å²) >= 11 is 0.